The predicted octanol–water partition coefficient (Wildman–Crippen LogP) is 3.20. The standard InChI is InChI=1S/C20H25NO4/c1-14-10-15-11-19(23-3)16(12-20(15)25-14)13-21-8-9-24-18-7-5-4-6-17(18)22-2/h4-7,11-12,14,21H,8-10,13H2,1-3H3/t14-/m1/s1. The number of para-hydroxylation sites is 2. The second kappa shape index (κ2) is 8.12. The summed E-state index contributed by atoms with van der Waals surface area (Å²) in [5.74, 6) is 3.36. The van der Waals surface area contributed by atoms with E-state index in [1.807, 2.05) is 24.3 Å². The zero-order chi connectivity index (χ0) is 17.6. The van der Waals surface area contributed by atoms with Crippen LogP contribution in [0.1, 0.15) is 18.1 Å². The van der Waals surface area contributed by atoms with E-state index in [1.165, 1.54) is 5.56 Å². The van der Waals surface area contributed by atoms with E-state index >= 15 is 0 Å². The SMILES string of the molecule is COc1cc2c(cc1CNCCOc1ccccc1OC)O[C@H](C)C2. The van der Waals surface area contributed by atoms with Crippen molar-refractivity contribution in [3.63, 3.8) is 0 Å². The Hall–Kier alpha value is -2.40. The molecule has 0 fully saturated rings. The number of rotatable bonds is 8. The van der Waals surface area contributed by atoms with Crippen molar-refractivity contribution in [2.45, 2.75) is 26.0 Å². The van der Waals surface area contributed by atoms with Crippen LogP contribution in [-0.2, 0) is 13.0 Å². The van der Waals surface area contributed by atoms with Crippen LogP contribution in [0.5, 0.6) is 23.0 Å². The highest BCUT2D eigenvalue weighted by Crippen LogP contribution is 2.34. The minimum Gasteiger partial charge on any atom is -0.496 e. The monoisotopic (exact) mass is 343 g/mol. The van der Waals surface area contributed by atoms with Crippen LogP contribution in [-0.4, -0.2) is 33.5 Å². The average Bonchev–Trinajstić information content (AvgIpc) is 2.99. The van der Waals surface area contributed by atoms with E-state index in [9.17, 15) is 0 Å². The maximum absolute atomic E-state index is 5.84. The molecule has 3 rings (SSSR count). The van der Waals surface area contributed by atoms with Gasteiger partial charge in [0, 0.05) is 30.6 Å². The summed E-state index contributed by atoms with van der Waals surface area (Å²) < 4.78 is 22.4. The molecule has 1 aliphatic heterocycles. The Morgan fingerprint density at radius 3 is 2.60 bits per heavy atom. The molecular weight excluding hydrogens is 318 g/mol. The van der Waals surface area contributed by atoms with Crippen molar-refractivity contribution in [1.82, 2.24) is 5.32 Å². The maximum atomic E-state index is 5.84. The lowest BCUT2D eigenvalue weighted by molar-refractivity contribution is 0.254. The van der Waals surface area contributed by atoms with E-state index in [0.717, 1.165) is 41.5 Å². The van der Waals surface area contributed by atoms with Gasteiger partial charge in [-0.25, -0.2) is 0 Å². The van der Waals surface area contributed by atoms with Crippen LogP contribution >= 0.6 is 0 Å². The van der Waals surface area contributed by atoms with Gasteiger partial charge in [-0.15, -0.1) is 0 Å². The van der Waals surface area contributed by atoms with Crippen molar-refractivity contribution in [2.24, 2.45) is 0 Å². The number of nitrogens with one attached hydrogen (secondary N) is 1. The van der Waals surface area contributed by atoms with E-state index < -0.39 is 0 Å². The maximum Gasteiger partial charge on any atom is 0.161 e. The van der Waals surface area contributed by atoms with Crippen LogP contribution in [0.2, 0.25) is 0 Å². The molecule has 1 aliphatic rings. The Morgan fingerprint density at radius 2 is 1.84 bits per heavy atom. The zero-order valence-electron chi connectivity index (χ0n) is 15.0. The van der Waals surface area contributed by atoms with Crippen LogP contribution < -0.4 is 24.3 Å². The number of ether oxygens (including phenoxy) is 4. The number of methoxy groups -OCH3 is 2. The second-order valence-corrected chi connectivity index (χ2v) is 6.08. The lowest BCUT2D eigenvalue weighted by Gasteiger charge is -2.13. The number of hydrogen-bond acceptors (Lipinski definition) is 5. The molecular formula is C20H25NO4. The lowest BCUT2D eigenvalue weighted by atomic mass is 10.1. The van der Waals surface area contributed by atoms with E-state index in [2.05, 4.69) is 24.4 Å². The van der Waals surface area contributed by atoms with E-state index in [1.54, 1.807) is 14.2 Å². The fourth-order valence-electron chi connectivity index (χ4n) is 3.00. The highest BCUT2D eigenvalue weighted by Gasteiger charge is 2.21. The Kier molecular flexibility index (Phi) is 5.66. The van der Waals surface area contributed by atoms with Gasteiger partial charge in [0.25, 0.3) is 0 Å². The zero-order valence-corrected chi connectivity index (χ0v) is 15.0. The highest BCUT2D eigenvalue weighted by molar-refractivity contribution is 5.48. The van der Waals surface area contributed by atoms with Gasteiger partial charge in [0.1, 0.15) is 24.2 Å². The molecule has 2 aromatic carbocycles. The van der Waals surface area contributed by atoms with Crippen LogP contribution in [0, 0.1) is 0 Å². The third-order valence-corrected chi connectivity index (χ3v) is 4.22. The largest absolute Gasteiger partial charge is 0.496 e. The number of benzene rings is 2. The Labute approximate surface area is 148 Å². The van der Waals surface area contributed by atoms with Crippen LogP contribution in [0.25, 0.3) is 0 Å². The van der Waals surface area contributed by atoms with Crippen LogP contribution in [0.4, 0.5) is 0 Å². The van der Waals surface area contributed by atoms with E-state index in [4.69, 9.17) is 18.9 Å². The molecule has 134 valence electrons. The lowest BCUT2D eigenvalue weighted by Crippen LogP contribution is -2.21. The highest BCUT2D eigenvalue weighted by atomic mass is 16.5. The number of fused-ring (bicyclic) bond motifs is 1. The minimum atomic E-state index is 0.233. The van der Waals surface area contributed by atoms with Crippen molar-refractivity contribution in [1.29, 1.82) is 0 Å². The molecule has 1 N–H and O–H groups in total. The molecule has 0 amide bonds. The molecule has 0 saturated carbocycles. The molecule has 25 heavy (non-hydrogen) atoms. The first-order valence-corrected chi connectivity index (χ1v) is 8.54. The smallest absolute Gasteiger partial charge is 0.161 e. The van der Waals surface area contributed by atoms with Crippen molar-refractivity contribution in [3.05, 3.63) is 47.5 Å². The van der Waals surface area contributed by atoms with Gasteiger partial charge in [0.2, 0.25) is 0 Å². The minimum absolute atomic E-state index is 0.233. The molecule has 0 radical (unpaired) electrons. The summed E-state index contributed by atoms with van der Waals surface area (Å²) >= 11 is 0. The molecule has 1 atom stereocenters. The normalized spacial score (nSPS) is 15.4. The molecule has 0 aliphatic carbocycles. The van der Waals surface area contributed by atoms with Crippen LogP contribution in [0.15, 0.2) is 36.4 Å². The van der Waals surface area contributed by atoms with Crippen molar-refractivity contribution < 1.29 is 18.9 Å². The van der Waals surface area contributed by atoms with Gasteiger partial charge in [0.05, 0.1) is 14.2 Å². The summed E-state index contributed by atoms with van der Waals surface area (Å²) in [4.78, 5) is 0. The van der Waals surface area contributed by atoms with Crippen LogP contribution in [0.3, 0.4) is 0 Å². The number of hydrogen-bond donors (Lipinski definition) is 1. The third kappa shape index (κ3) is 4.17. The molecule has 5 heteroatoms. The third-order valence-electron chi connectivity index (χ3n) is 4.22. The van der Waals surface area contributed by atoms with Gasteiger partial charge >= 0.3 is 0 Å². The summed E-state index contributed by atoms with van der Waals surface area (Å²) in [5.41, 5.74) is 2.31. The predicted molar refractivity (Wildman–Crippen MR) is 97.0 cm³/mol. The molecule has 0 spiro atoms. The van der Waals surface area contributed by atoms with Gasteiger partial charge in [0.15, 0.2) is 11.5 Å². The second-order valence-electron chi connectivity index (χ2n) is 6.08. The summed E-state index contributed by atoms with van der Waals surface area (Å²) in [6, 6.07) is 11.8. The summed E-state index contributed by atoms with van der Waals surface area (Å²) in [6.45, 7) is 4.06. The summed E-state index contributed by atoms with van der Waals surface area (Å²) in [6.07, 6.45) is 1.17. The first kappa shape index (κ1) is 17.4. The molecule has 2 aromatic rings. The van der Waals surface area contributed by atoms with Gasteiger partial charge in [-0.05, 0) is 31.2 Å². The molecule has 0 saturated heterocycles. The van der Waals surface area contributed by atoms with Gasteiger partial charge in [-0.2, -0.15) is 0 Å². The average molecular weight is 343 g/mol. The van der Waals surface area contributed by atoms with Crippen molar-refractivity contribution in [3.8, 4) is 23.0 Å². The Balaban J connectivity index is 1.52. The molecule has 0 unspecified atom stereocenters. The summed E-state index contributed by atoms with van der Waals surface area (Å²) in [5, 5.41) is 3.39. The molecule has 0 bridgehead atoms. The molecule has 5 nitrogen and oxygen atoms in total. The quantitative estimate of drug-likeness (QED) is 0.746. The van der Waals surface area contributed by atoms with Gasteiger partial charge < -0.3 is 24.3 Å². The molecule has 0 aromatic heterocycles. The van der Waals surface area contributed by atoms with Gasteiger partial charge in [-0.3, -0.25) is 0 Å². The topological polar surface area (TPSA) is 49.0 Å². The molecule has 1 heterocycles. The van der Waals surface area contributed by atoms with E-state index in [-0.39, 0.29) is 6.10 Å². The Morgan fingerprint density at radius 1 is 1.08 bits per heavy atom. The first-order chi connectivity index (χ1) is 12.2. The fourth-order valence-corrected chi connectivity index (χ4v) is 3.00. The Bertz CT molecular complexity index is 717. The van der Waals surface area contributed by atoms with E-state index in [0.29, 0.717) is 13.2 Å². The summed E-state index contributed by atoms with van der Waals surface area (Å²) in [7, 11) is 3.35. The first-order valence-electron chi connectivity index (χ1n) is 8.54. The van der Waals surface area contributed by atoms with Crippen molar-refractivity contribution in [2.75, 3.05) is 27.4 Å². The van der Waals surface area contributed by atoms with Crippen molar-refractivity contribution >= 4 is 0 Å². The fraction of sp³-hybridized carbons (Fsp3) is 0.400. The van der Waals surface area contributed by atoms with Gasteiger partial charge in [-0.1, -0.05) is 12.1 Å².